The number of amides is 1. The van der Waals surface area contributed by atoms with Gasteiger partial charge in [0.15, 0.2) is 5.58 Å². The van der Waals surface area contributed by atoms with Gasteiger partial charge in [-0.2, -0.15) is 0 Å². The fourth-order valence-electron chi connectivity index (χ4n) is 4.09. The zero-order valence-corrected chi connectivity index (χ0v) is 16.8. The van der Waals surface area contributed by atoms with Crippen molar-refractivity contribution in [3.63, 3.8) is 0 Å². The van der Waals surface area contributed by atoms with E-state index in [-0.39, 0.29) is 24.3 Å². The Bertz CT molecular complexity index is 1110. The lowest BCUT2D eigenvalue weighted by Gasteiger charge is -2.45. The standard InChI is InChI=1S/C20H20N2O6S/c1-4-7-26-19(24)17-12(9-14-16(10(2)28-29)18(23)22(14)17)11-5-6-13-15(8-11)27-20(25)21(13)3/h4-6,8,10,14,16,29H,1,7,9H2,2-3H3/t10-,14-,16-/m1/s1. The Morgan fingerprint density at radius 2 is 2.21 bits per heavy atom. The van der Waals surface area contributed by atoms with Crippen LogP contribution in [0.4, 0.5) is 0 Å². The Balaban J connectivity index is 1.79. The number of hydrogen-bond acceptors (Lipinski definition) is 7. The molecule has 152 valence electrons. The van der Waals surface area contributed by atoms with Crippen molar-refractivity contribution in [2.24, 2.45) is 13.0 Å². The average Bonchev–Trinajstić information content (AvgIpc) is 3.20. The van der Waals surface area contributed by atoms with Crippen molar-refractivity contribution < 1.29 is 22.9 Å². The smallest absolute Gasteiger partial charge is 0.419 e. The van der Waals surface area contributed by atoms with E-state index in [0.717, 1.165) is 0 Å². The molecule has 1 aromatic heterocycles. The predicted octanol–water partition coefficient (Wildman–Crippen LogP) is 2.05. The number of nitrogens with zero attached hydrogens (tertiary/aromatic N) is 2. The van der Waals surface area contributed by atoms with E-state index in [1.807, 2.05) is 0 Å². The molecular weight excluding hydrogens is 396 g/mol. The number of carbonyl (C=O) groups is 2. The zero-order chi connectivity index (χ0) is 20.9. The molecule has 2 aliphatic rings. The fourth-order valence-corrected chi connectivity index (χ4v) is 4.22. The lowest BCUT2D eigenvalue weighted by atomic mass is 9.82. The van der Waals surface area contributed by atoms with Crippen molar-refractivity contribution in [1.82, 2.24) is 9.47 Å². The molecule has 0 aliphatic carbocycles. The first-order valence-corrected chi connectivity index (χ1v) is 9.50. The number of carbonyl (C=O) groups excluding carboxylic acids is 2. The first-order valence-electron chi connectivity index (χ1n) is 9.13. The first-order chi connectivity index (χ1) is 13.9. The Morgan fingerprint density at radius 1 is 1.45 bits per heavy atom. The van der Waals surface area contributed by atoms with Crippen LogP contribution in [-0.2, 0) is 25.6 Å². The molecular formula is C20H20N2O6S. The number of ether oxygens (including phenoxy) is 1. The molecule has 0 radical (unpaired) electrons. The van der Waals surface area contributed by atoms with Gasteiger partial charge in [-0.25, -0.2) is 9.59 Å². The van der Waals surface area contributed by atoms with E-state index in [0.29, 0.717) is 28.7 Å². The minimum absolute atomic E-state index is 0.0362. The number of benzene rings is 1. The Hall–Kier alpha value is -2.78. The van der Waals surface area contributed by atoms with E-state index in [1.165, 1.54) is 15.5 Å². The molecule has 8 nitrogen and oxygen atoms in total. The summed E-state index contributed by atoms with van der Waals surface area (Å²) < 4.78 is 17.0. The number of esters is 1. The summed E-state index contributed by atoms with van der Waals surface area (Å²) in [5.74, 6) is -1.67. The third-order valence-corrected chi connectivity index (χ3v) is 5.88. The summed E-state index contributed by atoms with van der Waals surface area (Å²) >= 11 is 3.84. The van der Waals surface area contributed by atoms with Crippen LogP contribution in [0.15, 0.2) is 45.8 Å². The first kappa shape index (κ1) is 19.5. The topological polar surface area (TPSA) is 91.0 Å². The number of fused-ring (bicyclic) bond motifs is 2. The maximum Gasteiger partial charge on any atom is 0.419 e. The van der Waals surface area contributed by atoms with Crippen molar-refractivity contribution in [2.75, 3.05) is 6.61 Å². The molecule has 9 heteroatoms. The van der Waals surface area contributed by atoms with Crippen molar-refractivity contribution in [2.45, 2.75) is 25.5 Å². The second-order valence-electron chi connectivity index (χ2n) is 7.14. The van der Waals surface area contributed by atoms with Crippen molar-refractivity contribution in [3.05, 3.63) is 52.7 Å². The van der Waals surface area contributed by atoms with Gasteiger partial charge < -0.3 is 18.2 Å². The van der Waals surface area contributed by atoms with Crippen LogP contribution < -0.4 is 5.76 Å². The minimum Gasteiger partial charge on any atom is -0.457 e. The molecule has 1 saturated heterocycles. The number of β-lactam (4-membered cyclic amide) rings is 1. The number of rotatable bonds is 6. The van der Waals surface area contributed by atoms with Gasteiger partial charge in [-0.3, -0.25) is 9.36 Å². The van der Waals surface area contributed by atoms with Gasteiger partial charge >= 0.3 is 11.7 Å². The van der Waals surface area contributed by atoms with Crippen molar-refractivity contribution in [3.8, 4) is 0 Å². The monoisotopic (exact) mass is 416 g/mol. The van der Waals surface area contributed by atoms with Gasteiger partial charge in [0.2, 0.25) is 5.91 Å². The van der Waals surface area contributed by atoms with Crippen LogP contribution in [0.1, 0.15) is 18.9 Å². The summed E-state index contributed by atoms with van der Waals surface area (Å²) in [7, 11) is 1.62. The average molecular weight is 416 g/mol. The summed E-state index contributed by atoms with van der Waals surface area (Å²) in [5.41, 5.74) is 2.62. The predicted molar refractivity (Wildman–Crippen MR) is 108 cm³/mol. The van der Waals surface area contributed by atoms with Gasteiger partial charge in [-0.05, 0) is 49.5 Å². The van der Waals surface area contributed by atoms with E-state index >= 15 is 0 Å². The van der Waals surface area contributed by atoms with Crippen LogP contribution in [0.3, 0.4) is 0 Å². The Kier molecular flexibility index (Phi) is 4.87. The number of aromatic nitrogens is 1. The number of hydrogen-bond donors (Lipinski definition) is 1. The van der Waals surface area contributed by atoms with E-state index in [9.17, 15) is 14.4 Å². The molecule has 0 bridgehead atoms. The maximum atomic E-state index is 12.8. The van der Waals surface area contributed by atoms with Crippen LogP contribution >= 0.6 is 12.9 Å². The molecule has 4 rings (SSSR count). The van der Waals surface area contributed by atoms with Gasteiger partial charge in [-0.1, -0.05) is 18.7 Å². The molecule has 0 saturated carbocycles. The van der Waals surface area contributed by atoms with E-state index < -0.39 is 23.7 Å². The molecule has 1 fully saturated rings. The molecule has 29 heavy (non-hydrogen) atoms. The van der Waals surface area contributed by atoms with E-state index in [1.54, 1.807) is 32.2 Å². The normalized spacial score (nSPS) is 21.9. The van der Waals surface area contributed by atoms with Crippen LogP contribution in [0, 0.1) is 5.92 Å². The molecule has 0 N–H and O–H groups in total. The largest absolute Gasteiger partial charge is 0.457 e. The highest BCUT2D eigenvalue weighted by molar-refractivity contribution is 7.75. The Morgan fingerprint density at radius 3 is 2.90 bits per heavy atom. The number of thiol groups is 1. The molecule has 3 atom stereocenters. The summed E-state index contributed by atoms with van der Waals surface area (Å²) in [5, 5.41) is 0. The van der Waals surface area contributed by atoms with E-state index in [2.05, 4.69) is 19.5 Å². The SMILES string of the molecule is C=CCOC(=O)C1=C(c2ccc3c(c2)oc(=O)n3C)C[C@@H]2[C@@H]([C@@H](C)OS)C(=O)N12. The zero-order valence-electron chi connectivity index (χ0n) is 16.0. The molecule has 3 heterocycles. The lowest BCUT2D eigenvalue weighted by Crippen LogP contribution is -2.62. The lowest BCUT2D eigenvalue weighted by molar-refractivity contribution is -0.160. The van der Waals surface area contributed by atoms with Crippen LogP contribution in [-0.4, -0.2) is 40.1 Å². The molecule has 0 spiro atoms. The van der Waals surface area contributed by atoms with Gasteiger partial charge in [-0.15, -0.1) is 0 Å². The summed E-state index contributed by atoms with van der Waals surface area (Å²) in [6.07, 6.45) is 1.53. The third-order valence-electron chi connectivity index (χ3n) is 5.55. The summed E-state index contributed by atoms with van der Waals surface area (Å²) in [6.45, 7) is 5.35. The summed E-state index contributed by atoms with van der Waals surface area (Å²) in [4.78, 5) is 38.8. The van der Waals surface area contributed by atoms with Crippen LogP contribution in [0.5, 0.6) is 0 Å². The van der Waals surface area contributed by atoms with Gasteiger partial charge in [0, 0.05) is 7.05 Å². The highest BCUT2D eigenvalue weighted by Crippen LogP contribution is 2.48. The van der Waals surface area contributed by atoms with Gasteiger partial charge in [0.1, 0.15) is 12.3 Å². The van der Waals surface area contributed by atoms with Crippen molar-refractivity contribution >= 4 is 41.5 Å². The number of oxazole rings is 1. The molecule has 0 unspecified atom stereocenters. The number of aryl methyl sites for hydroxylation is 1. The Labute approximate surface area is 172 Å². The maximum absolute atomic E-state index is 12.8. The van der Waals surface area contributed by atoms with Gasteiger partial charge in [0.25, 0.3) is 0 Å². The van der Waals surface area contributed by atoms with Crippen LogP contribution in [0.25, 0.3) is 16.7 Å². The fraction of sp³-hybridized carbons (Fsp3) is 0.350. The van der Waals surface area contributed by atoms with Crippen LogP contribution in [0.2, 0.25) is 0 Å². The molecule has 1 aromatic carbocycles. The second kappa shape index (κ2) is 7.23. The highest BCUT2D eigenvalue weighted by atomic mass is 32.1. The molecule has 1 amide bonds. The molecule has 2 aromatic rings. The third kappa shape index (κ3) is 2.92. The minimum atomic E-state index is -0.594. The van der Waals surface area contributed by atoms with E-state index in [4.69, 9.17) is 13.3 Å². The quantitative estimate of drug-likeness (QED) is 0.255. The van der Waals surface area contributed by atoms with Crippen molar-refractivity contribution in [1.29, 1.82) is 0 Å². The molecule has 2 aliphatic heterocycles. The highest BCUT2D eigenvalue weighted by Gasteiger charge is 2.57. The second-order valence-corrected chi connectivity index (χ2v) is 7.35. The van der Waals surface area contributed by atoms with Gasteiger partial charge in [0.05, 0.1) is 23.6 Å². The summed E-state index contributed by atoms with van der Waals surface area (Å²) in [6, 6.07) is 5.04.